The summed E-state index contributed by atoms with van der Waals surface area (Å²) < 4.78 is 0. The molecule has 2 rings (SSSR count). The molecule has 1 aliphatic rings. The molecule has 3 heteroatoms. The van der Waals surface area contributed by atoms with E-state index in [0.29, 0.717) is 17.2 Å². The lowest BCUT2D eigenvalue weighted by atomic mass is 10.1. The van der Waals surface area contributed by atoms with E-state index < -0.39 is 0 Å². The first-order chi connectivity index (χ1) is 8.26. The van der Waals surface area contributed by atoms with Gasteiger partial charge in [0.15, 0.2) is 0 Å². The summed E-state index contributed by atoms with van der Waals surface area (Å²) in [6, 6.07) is 8.01. The minimum atomic E-state index is 0.532. The summed E-state index contributed by atoms with van der Waals surface area (Å²) in [6.45, 7) is 0. The maximum Gasteiger partial charge on any atom is 0.150 e. The predicted octanol–water partition coefficient (Wildman–Crippen LogP) is 2.75. The molecule has 0 aliphatic heterocycles. The minimum Gasteiger partial charge on any atom is -0.371 e. The van der Waals surface area contributed by atoms with E-state index in [1.165, 1.54) is 25.7 Å². The Labute approximate surface area is 102 Å². The van der Waals surface area contributed by atoms with Crippen molar-refractivity contribution in [3.8, 4) is 6.07 Å². The maximum atomic E-state index is 10.7. The van der Waals surface area contributed by atoms with Gasteiger partial charge in [-0.3, -0.25) is 4.79 Å². The van der Waals surface area contributed by atoms with Gasteiger partial charge >= 0.3 is 0 Å². The molecule has 17 heavy (non-hydrogen) atoms. The van der Waals surface area contributed by atoms with E-state index in [2.05, 4.69) is 11.0 Å². The fourth-order valence-corrected chi connectivity index (χ4v) is 2.51. The van der Waals surface area contributed by atoms with Crippen LogP contribution in [-0.4, -0.2) is 19.4 Å². The Hall–Kier alpha value is -1.82. The molecule has 0 radical (unpaired) electrons. The number of anilines is 1. The molecule has 1 aromatic rings. The first-order valence-electron chi connectivity index (χ1n) is 5.98. The highest BCUT2D eigenvalue weighted by atomic mass is 16.1. The normalized spacial score (nSPS) is 15.5. The molecular formula is C14H16N2O. The number of carbonyl (C=O) groups excluding carboxylic acids is 1. The van der Waals surface area contributed by atoms with E-state index in [1.807, 2.05) is 13.1 Å². The molecule has 88 valence electrons. The molecule has 0 spiro atoms. The standard InChI is InChI=1S/C14H16N2O/c1-16(13-4-2-3-5-13)14-7-6-11(10-17)8-12(14)9-15/h6-8,10,13H,2-5H2,1H3. The van der Waals surface area contributed by atoms with Gasteiger partial charge in [0, 0.05) is 18.7 Å². The summed E-state index contributed by atoms with van der Waals surface area (Å²) in [5, 5.41) is 9.14. The van der Waals surface area contributed by atoms with Crippen LogP contribution >= 0.6 is 0 Å². The van der Waals surface area contributed by atoms with E-state index in [1.54, 1.807) is 12.1 Å². The Bertz CT molecular complexity index is 456. The summed E-state index contributed by atoms with van der Waals surface area (Å²) in [7, 11) is 2.03. The van der Waals surface area contributed by atoms with Crippen molar-refractivity contribution < 1.29 is 4.79 Å². The molecule has 0 bridgehead atoms. The van der Waals surface area contributed by atoms with E-state index in [-0.39, 0.29) is 0 Å². The smallest absolute Gasteiger partial charge is 0.150 e. The topological polar surface area (TPSA) is 44.1 Å². The Kier molecular flexibility index (Phi) is 3.43. The molecule has 0 atom stereocenters. The molecule has 0 aromatic heterocycles. The summed E-state index contributed by atoms with van der Waals surface area (Å²) in [5.41, 5.74) is 2.08. The van der Waals surface area contributed by atoms with Crippen molar-refractivity contribution in [3.63, 3.8) is 0 Å². The molecule has 1 fully saturated rings. The fraction of sp³-hybridized carbons (Fsp3) is 0.429. The highest BCUT2D eigenvalue weighted by Crippen LogP contribution is 2.29. The Morgan fingerprint density at radius 2 is 2.12 bits per heavy atom. The lowest BCUT2D eigenvalue weighted by Gasteiger charge is -2.27. The van der Waals surface area contributed by atoms with Crippen molar-refractivity contribution in [1.82, 2.24) is 0 Å². The van der Waals surface area contributed by atoms with Crippen LogP contribution in [0.25, 0.3) is 0 Å². The molecule has 0 N–H and O–H groups in total. The van der Waals surface area contributed by atoms with E-state index in [4.69, 9.17) is 5.26 Å². The highest BCUT2D eigenvalue weighted by molar-refractivity contribution is 5.78. The minimum absolute atomic E-state index is 0.532. The highest BCUT2D eigenvalue weighted by Gasteiger charge is 2.21. The van der Waals surface area contributed by atoms with Crippen LogP contribution in [0.2, 0.25) is 0 Å². The molecule has 0 unspecified atom stereocenters. The van der Waals surface area contributed by atoms with Gasteiger partial charge in [0.05, 0.1) is 11.3 Å². The second-order valence-corrected chi connectivity index (χ2v) is 4.56. The number of carbonyl (C=O) groups is 1. The zero-order valence-electron chi connectivity index (χ0n) is 10.0. The molecule has 1 saturated carbocycles. The first-order valence-corrected chi connectivity index (χ1v) is 5.98. The van der Waals surface area contributed by atoms with Crippen LogP contribution in [0.4, 0.5) is 5.69 Å². The van der Waals surface area contributed by atoms with Gasteiger partial charge in [-0.1, -0.05) is 12.8 Å². The second-order valence-electron chi connectivity index (χ2n) is 4.56. The van der Waals surface area contributed by atoms with E-state index in [0.717, 1.165) is 12.0 Å². The van der Waals surface area contributed by atoms with Crippen LogP contribution < -0.4 is 4.90 Å². The van der Waals surface area contributed by atoms with Crippen molar-refractivity contribution in [3.05, 3.63) is 29.3 Å². The van der Waals surface area contributed by atoms with Gasteiger partial charge in [-0.15, -0.1) is 0 Å². The van der Waals surface area contributed by atoms with Crippen LogP contribution in [0.1, 0.15) is 41.6 Å². The molecule has 3 nitrogen and oxygen atoms in total. The Balaban J connectivity index is 2.31. The molecule has 1 aliphatic carbocycles. The van der Waals surface area contributed by atoms with E-state index in [9.17, 15) is 4.79 Å². The van der Waals surface area contributed by atoms with Crippen LogP contribution in [0.3, 0.4) is 0 Å². The quantitative estimate of drug-likeness (QED) is 0.747. The molecule has 1 aromatic carbocycles. The molecule has 0 heterocycles. The van der Waals surface area contributed by atoms with Crippen LogP contribution in [-0.2, 0) is 0 Å². The summed E-state index contributed by atoms with van der Waals surface area (Å²) in [6.07, 6.45) is 5.69. The maximum absolute atomic E-state index is 10.7. The summed E-state index contributed by atoms with van der Waals surface area (Å²) in [4.78, 5) is 12.9. The van der Waals surface area contributed by atoms with Crippen LogP contribution in [0.15, 0.2) is 18.2 Å². The second kappa shape index (κ2) is 5.01. The third kappa shape index (κ3) is 2.31. The Morgan fingerprint density at radius 1 is 1.41 bits per heavy atom. The van der Waals surface area contributed by atoms with Gasteiger partial charge in [0.1, 0.15) is 12.4 Å². The van der Waals surface area contributed by atoms with Crippen LogP contribution in [0.5, 0.6) is 0 Å². The van der Waals surface area contributed by atoms with Crippen molar-refractivity contribution in [2.45, 2.75) is 31.7 Å². The number of rotatable bonds is 3. The fourth-order valence-electron chi connectivity index (χ4n) is 2.51. The van der Waals surface area contributed by atoms with Gasteiger partial charge in [0.2, 0.25) is 0 Å². The lowest BCUT2D eigenvalue weighted by Crippen LogP contribution is -2.29. The largest absolute Gasteiger partial charge is 0.371 e. The monoisotopic (exact) mass is 228 g/mol. The zero-order chi connectivity index (χ0) is 12.3. The Morgan fingerprint density at radius 3 is 2.71 bits per heavy atom. The van der Waals surface area contributed by atoms with Gasteiger partial charge in [-0.25, -0.2) is 0 Å². The SMILES string of the molecule is CN(c1ccc(C=O)cc1C#N)C1CCCC1. The summed E-state index contributed by atoms with van der Waals surface area (Å²) in [5.74, 6) is 0. The van der Waals surface area contributed by atoms with Crippen molar-refractivity contribution in [2.24, 2.45) is 0 Å². The molecule has 0 amide bonds. The van der Waals surface area contributed by atoms with Gasteiger partial charge < -0.3 is 4.90 Å². The third-order valence-corrected chi connectivity index (χ3v) is 3.53. The van der Waals surface area contributed by atoms with Gasteiger partial charge in [-0.2, -0.15) is 5.26 Å². The van der Waals surface area contributed by atoms with Crippen molar-refractivity contribution in [1.29, 1.82) is 5.26 Å². The van der Waals surface area contributed by atoms with E-state index >= 15 is 0 Å². The van der Waals surface area contributed by atoms with Crippen molar-refractivity contribution in [2.75, 3.05) is 11.9 Å². The number of nitrogens with zero attached hydrogens (tertiary/aromatic N) is 2. The predicted molar refractivity (Wildman–Crippen MR) is 67.2 cm³/mol. The number of benzene rings is 1. The molecule has 0 saturated heterocycles. The summed E-state index contributed by atoms with van der Waals surface area (Å²) >= 11 is 0. The van der Waals surface area contributed by atoms with Crippen LogP contribution in [0, 0.1) is 11.3 Å². The van der Waals surface area contributed by atoms with Gasteiger partial charge in [0.25, 0.3) is 0 Å². The van der Waals surface area contributed by atoms with Gasteiger partial charge in [-0.05, 0) is 31.0 Å². The average Bonchev–Trinajstić information content (AvgIpc) is 2.91. The number of aldehydes is 1. The number of hydrogen-bond donors (Lipinski definition) is 0. The number of nitriles is 1. The average molecular weight is 228 g/mol. The first kappa shape index (κ1) is 11.7. The van der Waals surface area contributed by atoms with Crippen molar-refractivity contribution >= 4 is 12.0 Å². The zero-order valence-corrected chi connectivity index (χ0v) is 10.0. The lowest BCUT2D eigenvalue weighted by molar-refractivity contribution is 0.112. The third-order valence-electron chi connectivity index (χ3n) is 3.53. The molecular weight excluding hydrogens is 212 g/mol. The number of hydrogen-bond acceptors (Lipinski definition) is 3.